The number of nitrogens with two attached hydrogens (primary N) is 2. The van der Waals surface area contributed by atoms with E-state index in [9.17, 15) is 87.9 Å². The minimum absolute atomic E-state index is 0.0321. The fourth-order valence-electron chi connectivity index (χ4n) is 11.5. The number of fused-ring (bicyclic) bond motifs is 1. The number of hydrogen-bond acceptors (Lipinski definition) is 20. The van der Waals surface area contributed by atoms with Crippen LogP contribution < -0.4 is 74.1 Å². The summed E-state index contributed by atoms with van der Waals surface area (Å²) in [6.45, 7) is 4.51. The number of carbonyl (C=O) groups is 13. The molecule has 0 radical (unpaired) electrons. The highest BCUT2D eigenvalue weighted by atomic mass is 16.7. The van der Waals surface area contributed by atoms with E-state index in [1.165, 1.54) is 26.4 Å². The highest BCUT2D eigenvalue weighted by molar-refractivity contribution is 6.00. The summed E-state index contributed by atoms with van der Waals surface area (Å²) in [5, 5.41) is 75.5. The molecule has 0 spiro atoms. The Kier molecular flexibility index (Phi) is 30.2. The van der Waals surface area contributed by atoms with Crippen LogP contribution in [-0.2, 0) is 94.4 Å². The summed E-state index contributed by atoms with van der Waals surface area (Å²) in [6, 6.07) is 20.1. The number of aryl methyl sites for hydroxylation is 1. The van der Waals surface area contributed by atoms with E-state index in [0.29, 0.717) is 33.9 Å². The number of aromatic nitrogens is 2. The Morgan fingerprint density at radius 2 is 1.13 bits per heavy atom. The molecule has 7 rings (SSSR count). The van der Waals surface area contributed by atoms with Gasteiger partial charge in [0.25, 0.3) is 0 Å². The first-order valence-corrected chi connectivity index (χ1v) is 34.5. The Hall–Kier alpha value is -12.1. The molecular weight excluding hydrogens is 1400 g/mol. The van der Waals surface area contributed by atoms with Crippen molar-refractivity contribution < 1.29 is 97.3 Å². The number of aliphatic hydroxyl groups excluding tert-OH is 3. The van der Waals surface area contributed by atoms with Gasteiger partial charge in [0.1, 0.15) is 53.9 Å². The van der Waals surface area contributed by atoms with Gasteiger partial charge < -0.3 is 105 Å². The highest BCUT2D eigenvalue weighted by Gasteiger charge is 2.42. The largest absolute Gasteiger partial charge is 0.481 e. The Morgan fingerprint density at radius 3 is 1.74 bits per heavy atom. The van der Waals surface area contributed by atoms with Crippen molar-refractivity contribution >= 4 is 76.9 Å². The predicted octanol–water partition coefficient (Wildman–Crippen LogP) is -1.90. The highest BCUT2D eigenvalue weighted by Crippen LogP contribution is 2.36. The molecule has 11 amide bonds. The first kappa shape index (κ1) is 83.1. The van der Waals surface area contributed by atoms with Crippen molar-refractivity contribution in [2.24, 2.45) is 11.5 Å². The lowest BCUT2D eigenvalue weighted by Gasteiger charge is -2.34. The molecular formula is C74H90N14O20. The number of H-pyrrole nitrogens is 1. The summed E-state index contributed by atoms with van der Waals surface area (Å²) in [5.41, 5.74) is 16.1. The SMILES string of the molecule is CCc1ccccc1-c1ccc(C[C@H](NC(=O)[C@H](CC(=O)O)NC(=O)[C@H](CO)NC(=O)[C@@H](NC(=O)[C@](C)(Cc2ccccc2)NC(=O)[C@@H](NC(=O)CNC(=O)[C@H](CCC(=O)O)NC(=O)[C@H](C)NC(=O)[C@@H](N)Cc2cnc[nH]2)[C@@H](C)O)[C@@H](C)O)C(=O)N[C@@H](Cc2ccc(-c3ccc4c(c3)OCO4)cc2)C(N)=O)cc1. The minimum Gasteiger partial charge on any atom is -0.481 e. The molecule has 34 heteroatoms. The van der Waals surface area contributed by atoms with Gasteiger partial charge in [0.2, 0.25) is 71.8 Å². The van der Waals surface area contributed by atoms with Crippen molar-refractivity contribution in [3.63, 3.8) is 0 Å². The molecule has 0 fully saturated rings. The van der Waals surface area contributed by atoms with E-state index in [0.717, 1.165) is 48.1 Å². The minimum atomic E-state index is -2.18. The number of carbonyl (C=O) groups excluding carboxylic acids is 11. The Morgan fingerprint density at radius 1 is 0.565 bits per heavy atom. The summed E-state index contributed by atoms with van der Waals surface area (Å²) in [6.07, 6.45) is -3.05. The van der Waals surface area contributed by atoms with Crippen LogP contribution in [0, 0.1) is 0 Å². The van der Waals surface area contributed by atoms with Crippen molar-refractivity contribution in [1.29, 1.82) is 0 Å². The van der Waals surface area contributed by atoms with E-state index in [2.05, 4.69) is 63.1 Å². The van der Waals surface area contributed by atoms with Gasteiger partial charge in [-0.1, -0.05) is 116 Å². The topological polar surface area (TPSA) is 543 Å². The maximum Gasteiger partial charge on any atom is 0.305 e. The quantitative estimate of drug-likeness (QED) is 0.0200. The zero-order chi connectivity index (χ0) is 78.9. The molecule has 0 bridgehead atoms. The number of carboxylic acid groups (broad SMARTS) is 2. The fourth-order valence-corrected chi connectivity index (χ4v) is 11.5. The van der Waals surface area contributed by atoms with Gasteiger partial charge in [0, 0.05) is 44.0 Å². The zero-order valence-corrected chi connectivity index (χ0v) is 59.8. The number of amides is 11. The third-order valence-corrected chi connectivity index (χ3v) is 17.5. The number of primary amides is 1. The monoisotopic (exact) mass is 1490 g/mol. The fraction of sp³-hybridized carbons (Fsp3) is 0.378. The molecule has 0 saturated heterocycles. The maximum absolute atomic E-state index is 14.7. The number of nitrogens with one attached hydrogen (secondary N) is 11. The summed E-state index contributed by atoms with van der Waals surface area (Å²) in [5.74, 6) is -14.0. The maximum atomic E-state index is 14.7. The zero-order valence-electron chi connectivity index (χ0n) is 59.8. The van der Waals surface area contributed by atoms with E-state index in [4.69, 9.17) is 20.9 Å². The number of hydrogen-bond donors (Lipinski definition) is 18. The van der Waals surface area contributed by atoms with Crippen molar-refractivity contribution in [3.8, 4) is 33.8 Å². The second kappa shape index (κ2) is 39.3. The van der Waals surface area contributed by atoms with Crippen molar-refractivity contribution in [1.82, 2.24) is 63.1 Å². The number of ether oxygens (including phenoxy) is 2. The molecule has 12 atom stereocenters. The molecule has 20 N–H and O–H groups in total. The second-order valence-electron chi connectivity index (χ2n) is 26.1. The van der Waals surface area contributed by atoms with Gasteiger partial charge in [-0.25, -0.2) is 4.98 Å². The number of aliphatic hydroxyl groups is 3. The normalized spacial score (nSPS) is 15.1. The van der Waals surface area contributed by atoms with Gasteiger partial charge >= 0.3 is 11.9 Å². The lowest BCUT2D eigenvalue weighted by Crippen LogP contribution is -2.67. The van der Waals surface area contributed by atoms with Gasteiger partial charge in [0.05, 0.1) is 44.1 Å². The van der Waals surface area contributed by atoms with Crippen LogP contribution in [0.4, 0.5) is 0 Å². The molecule has 34 nitrogen and oxygen atoms in total. The molecule has 2 heterocycles. The molecule has 5 aromatic carbocycles. The van der Waals surface area contributed by atoms with E-state index in [1.807, 2.05) is 43.3 Å². The third-order valence-electron chi connectivity index (χ3n) is 17.5. The number of benzene rings is 5. The van der Waals surface area contributed by atoms with Crippen LogP contribution in [0.1, 0.15) is 81.8 Å². The van der Waals surface area contributed by atoms with Gasteiger partial charge in [-0.15, -0.1) is 0 Å². The standard InChI is InChI=1S/C74H90N14O20/c1-6-45-14-10-11-15-50(45)47-22-18-43(19-23-47)29-54(68(101)82-53(64(76)97)28-42-16-20-46(21-17-42)48-24-26-57-58(30-48)108-38-107-57)83-69(102)55(32-61(95)96)84-70(103)56(36-89)85-71(104)62(40(3)90)87-73(106)74(5,33-44-12-8-7-9-13-44)88-72(105)63(41(4)91)86-59(92)35-78-67(100)52(25-27-60(93)94)81-65(98)39(2)80-66(99)51(75)31-49-34-77-37-79-49/h7-24,26,30,34,37,39-41,51-56,62-63,89-91H,6,25,27-29,31-33,35-36,38,75H2,1-5H3,(H2,76,97)(H,77,79)(H,78,100)(H,80,99)(H,81,98)(H,82,101)(H,83,102)(H,84,103)(H,85,104)(H,86,92)(H,87,106)(H,88,105)(H,93,94)(H,95,96)/t39-,40+,41+,51-,52-,53-,54-,55-,56-,62-,63-,74-/m0/s1. The van der Waals surface area contributed by atoms with Crippen LogP contribution in [0.25, 0.3) is 22.3 Å². The summed E-state index contributed by atoms with van der Waals surface area (Å²) < 4.78 is 10.9. The van der Waals surface area contributed by atoms with Gasteiger partial charge in [-0.3, -0.25) is 62.3 Å². The second-order valence-corrected chi connectivity index (χ2v) is 26.1. The number of imidazole rings is 1. The Labute approximate surface area is 620 Å². The van der Waals surface area contributed by atoms with E-state index in [-0.39, 0.29) is 32.5 Å². The third kappa shape index (κ3) is 24.2. The van der Waals surface area contributed by atoms with Crippen molar-refractivity contribution in [3.05, 3.63) is 162 Å². The van der Waals surface area contributed by atoms with E-state index in [1.54, 1.807) is 84.9 Å². The predicted molar refractivity (Wildman–Crippen MR) is 387 cm³/mol. The average Bonchev–Trinajstić information content (AvgIpc) is 1.32. The number of aliphatic carboxylic acids is 2. The van der Waals surface area contributed by atoms with E-state index < -0.39 is 181 Å². The Balaban J connectivity index is 1.03. The number of aromatic amines is 1. The number of carboxylic acids is 2. The molecule has 0 saturated carbocycles. The smallest absolute Gasteiger partial charge is 0.305 e. The molecule has 108 heavy (non-hydrogen) atoms. The summed E-state index contributed by atoms with van der Waals surface area (Å²) in [4.78, 5) is 183. The van der Waals surface area contributed by atoms with Crippen molar-refractivity contribution in [2.45, 2.75) is 158 Å². The summed E-state index contributed by atoms with van der Waals surface area (Å²) >= 11 is 0. The summed E-state index contributed by atoms with van der Waals surface area (Å²) in [7, 11) is 0. The average molecular weight is 1500 g/mol. The first-order chi connectivity index (χ1) is 51.3. The molecule has 1 aromatic heterocycles. The van der Waals surface area contributed by atoms with Crippen LogP contribution >= 0.6 is 0 Å². The van der Waals surface area contributed by atoms with Gasteiger partial charge in [-0.2, -0.15) is 0 Å². The number of nitrogens with zero attached hydrogens (tertiary/aromatic N) is 1. The molecule has 576 valence electrons. The van der Waals surface area contributed by atoms with Crippen LogP contribution in [0.5, 0.6) is 11.5 Å². The molecule has 0 aliphatic carbocycles. The van der Waals surface area contributed by atoms with Crippen LogP contribution in [-0.4, -0.2) is 204 Å². The lowest BCUT2D eigenvalue weighted by atomic mass is 9.90. The molecule has 1 aliphatic heterocycles. The molecule has 1 aliphatic rings. The van der Waals surface area contributed by atoms with Crippen LogP contribution in [0.3, 0.4) is 0 Å². The number of rotatable bonds is 40. The van der Waals surface area contributed by atoms with Crippen molar-refractivity contribution in [2.75, 3.05) is 19.9 Å². The molecule has 0 unspecified atom stereocenters. The molecule has 6 aromatic rings. The van der Waals surface area contributed by atoms with E-state index >= 15 is 0 Å². The lowest BCUT2D eigenvalue weighted by molar-refractivity contribution is -0.142. The first-order valence-electron chi connectivity index (χ1n) is 34.5. The van der Waals surface area contributed by atoms with Crippen LogP contribution in [0.15, 0.2) is 134 Å². The van der Waals surface area contributed by atoms with Crippen LogP contribution in [0.2, 0.25) is 0 Å². The van der Waals surface area contributed by atoms with Gasteiger partial charge in [-0.05, 0) is 97.2 Å². The van der Waals surface area contributed by atoms with Gasteiger partial charge in [0.15, 0.2) is 11.5 Å². The Bertz CT molecular complexity index is 4180.